The number of hydrogen-bond acceptors (Lipinski definition) is 3. The van der Waals surface area contributed by atoms with Crippen molar-refractivity contribution in [1.29, 1.82) is 0 Å². The summed E-state index contributed by atoms with van der Waals surface area (Å²) in [5, 5.41) is 22.8. The molecule has 3 N–H and O–H groups in total. The summed E-state index contributed by atoms with van der Waals surface area (Å²) in [7, 11) is 0. The fraction of sp³-hybridized carbons (Fsp3) is 0.562. The molecule has 0 radical (unpaired) electrons. The Labute approximate surface area is 119 Å². The summed E-state index contributed by atoms with van der Waals surface area (Å²) in [6, 6.07) is 4.78. The number of aromatic hydroxyl groups is 1. The van der Waals surface area contributed by atoms with Crippen LogP contribution in [0.4, 0.5) is 0 Å². The predicted octanol–water partition coefficient (Wildman–Crippen LogP) is 2.52. The van der Waals surface area contributed by atoms with E-state index in [1.807, 2.05) is 6.92 Å². The first-order valence-corrected chi connectivity index (χ1v) is 7.30. The molecule has 0 heterocycles. The number of carbonyl (C=O) groups excluding carboxylic acids is 1. The standard InChI is InChI=1S/C16H23NO3/c1-12-8-13(10-14(18)9-12)15(19)17-11-16(20)6-4-2-3-5-7-16/h8-10,18,20H,2-7,11H2,1H3,(H,17,19). The Bertz CT molecular complexity index is 456. The number of phenolic OH excluding ortho intramolecular Hbond substituents is 1. The van der Waals surface area contributed by atoms with Gasteiger partial charge in [-0.1, -0.05) is 25.7 Å². The molecule has 1 fully saturated rings. The van der Waals surface area contributed by atoms with Crippen LogP contribution in [0.2, 0.25) is 0 Å². The molecule has 20 heavy (non-hydrogen) atoms. The maximum atomic E-state index is 12.1. The molecule has 0 aliphatic heterocycles. The van der Waals surface area contributed by atoms with E-state index in [1.54, 1.807) is 12.1 Å². The van der Waals surface area contributed by atoms with Crippen LogP contribution in [0, 0.1) is 6.92 Å². The molecule has 1 saturated carbocycles. The van der Waals surface area contributed by atoms with Gasteiger partial charge in [-0.2, -0.15) is 0 Å². The minimum Gasteiger partial charge on any atom is -0.508 e. The molecule has 0 bridgehead atoms. The molecule has 1 aromatic rings. The highest BCUT2D eigenvalue weighted by Crippen LogP contribution is 2.26. The van der Waals surface area contributed by atoms with E-state index in [0.717, 1.165) is 44.1 Å². The van der Waals surface area contributed by atoms with Crippen molar-refractivity contribution in [3.63, 3.8) is 0 Å². The second-order valence-electron chi connectivity index (χ2n) is 5.88. The molecule has 4 nitrogen and oxygen atoms in total. The van der Waals surface area contributed by atoms with Crippen LogP contribution in [0.1, 0.15) is 54.4 Å². The van der Waals surface area contributed by atoms with Gasteiger partial charge in [0.2, 0.25) is 0 Å². The number of carbonyl (C=O) groups is 1. The van der Waals surface area contributed by atoms with Crippen LogP contribution in [0.5, 0.6) is 5.75 Å². The van der Waals surface area contributed by atoms with E-state index in [4.69, 9.17) is 0 Å². The second-order valence-corrected chi connectivity index (χ2v) is 5.88. The Balaban J connectivity index is 1.97. The van der Waals surface area contributed by atoms with E-state index in [-0.39, 0.29) is 18.2 Å². The molecular formula is C16H23NO3. The number of hydrogen-bond donors (Lipinski definition) is 3. The van der Waals surface area contributed by atoms with Gasteiger partial charge in [-0.25, -0.2) is 0 Å². The summed E-state index contributed by atoms with van der Waals surface area (Å²) < 4.78 is 0. The van der Waals surface area contributed by atoms with Gasteiger partial charge >= 0.3 is 0 Å². The van der Waals surface area contributed by atoms with Crippen molar-refractivity contribution in [2.24, 2.45) is 0 Å². The first-order valence-electron chi connectivity index (χ1n) is 7.30. The molecule has 1 aliphatic rings. The van der Waals surface area contributed by atoms with Crippen LogP contribution in [0.3, 0.4) is 0 Å². The van der Waals surface area contributed by atoms with Crippen molar-refractivity contribution in [1.82, 2.24) is 5.32 Å². The first-order chi connectivity index (χ1) is 9.48. The van der Waals surface area contributed by atoms with E-state index < -0.39 is 5.60 Å². The molecule has 0 saturated heterocycles. The monoisotopic (exact) mass is 277 g/mol. The van der Waals surface area contributed by atoms with Gasteiger partial charge in [-0.15, -0.1) is 0 Å². The number of aliphatic hydroxyl groups is 1. The lowest BCUT2D eigenvalue weighted by Gasteiger charge is -2.26. The lowest BCUT2D eigenvalue weighted by atomic mass is 9.94. The van der Waals surface area contributed by atoms with Gasteiger partial charge < -0.3 is 15.5 Å². The second kappa shape index (κ2) is 6.27. The topological polar surface area (TPSA) is 69.6 Å². The minimum absolute atomic E-state index is 0.0864. The largest absolute Gasteiger partial charge is 0.508 e. The first kappa shape index (κ1) is 14.9. The van der Waals surface area contributed by atoms with Gasteiger partial charge in [0.05, 0.1) is 5.60 Å². The Morgan fingerprint density at radius 2 is 1.85 bits per heavy atom. The van der Waals surface area contributed by atoms with Crippen molar-refractivity contribution in [2.75, 3.05) is 6.54 Å². The minimum atomic E-state index is -0.780. The van der Waals surface area contributed by atoms with Crippen LogP contribution in [0.25, 0.3) is 0 Å². The van der Waals surface area contributed by atoms with Gasteiger partial charge in [0, 0.05) is 12.1 Å². The van der Waals surface area contributed by atoms with Crippen molar-refractivity contribution >= 4 is 5.91 Å². The quantitative estimate of drug-likeness (QED) is 0.744. The molecule has 0 atom stereocenters. The number of benzene rings is 1. The summed E-state index contributed by atoms with van der Waals surface area (Å²) >= 11 is 0. The lowest BCUT2D eigenvalue weighted by Crippen LogP contribution is -2.42. The van der Waals surface area contributed by atoms with Crippen LogP contribution in [-0.4, -0.2) is 28.3 Å². The summed E-state index contributed by atoms with van der Waals surface area (Å²) in [5.41, 5.74) is 0.487. The lowest BCUT2D eigenvalue weighted by molar-refractivity contribution is 0.0246. The van der Waals surface area contributed by atoms with Crippen molar-refractivity contribution in [2.45, 2.75) is 51.0 Å². The van der Waals surface area contributed by atoms with Crippen molar-refractivity contribution < 1.29 is 15.0 Å². The Morgan fingerprint density at radius 1 is 1.20 bits per heavy atom. The van der Waals surface area contributed by atoms with Crippen LogP contribution in [0.15, 0.2) is 18.2 Å². The normalized spacial score (nSPS) is 18.3. The highest BCUT2D eigenvalue weighted by molar-refractivity contribution is 5.94. The van der Waals surface area contributed by atoms with Gasteiger partial charge in [0.25, 0.3) is 5.91 Å². The molecule has 0 unspecified atom stereocenters. The van der Waals surface area contributed by atoms with Crippen LogP contribution >= 0.6 is 0 Å². The maximum absolute atomic E-state index is 12.1. The molecule has 1 aliphatic carbocycles. The zero-order valence-electron chi connectivity index (χ0n) is 12.0. The number of rotatable bonds is 3. The third kappa shape index (κ3) is 3.97. The highest BCUT2D eigenvalue weighted by atomic mass is 16.3. The molecule has 1 aromatic carbocycles. The molecule has 0 spiro atoms. The molecule has 110 valence electrons. The smallest absolute Gasteiger partial charge is 0.251 e. The molecular weight excluding hydrogens is 254 g/mol. The number of aryl methyl sites for hydroxylation is 1. The summed E-state index contributed by atoms with van der Waals surface area (Å²) in [4.78, 5) is 12.1. The van der Waals surface area contributed by atoms with Gasteiger partial charge in [-0.05, 0) is 43.5 Å². The fourth-order valence-corrected chi connectivity index (χ4v) is 2.80. The predicted molar refractivity (Wildman–Crippen MR) is 77.8 cm³/mol. The number of phenols is 1. The van der Waals surface area contributed by atoms with E-state index in [2.05, 4.69) is 5.32 Å². The molecule has 2 rings (SSSR count). The van der Waals surface area contributed by atoms with Crippen molar-refractivity contribution in [3.8, 4) is 5.75 Å². The number of amides is 1. The van der Waals surface area contributed by atoms with Gasteiger partial charge in [0.1, 0.15) is 5.75 Å². The Morgan fingerprint density at radius 3 is 2.45 bits per heavy atom. The Hall–Kier alpha value is -1.55. The molecule has 4 heteroatoms. The van der Waals surface area contributed by atoms with E-state index in [1.165, 1.54) is 6.07 Å². The third-order valence-corrected chi connectivity index (χ3v) is 3.94. The third-order valence-electron chi connectivity index (χ3n) is 3.94. The Kier molecular flexibility index (Phi) is 4.65. The van der Waals surface area contributed by atoms with Gasteiger partial charge in [0.15, 0.2) is 0 Å². The summed E-state index contributed by atoms with van der Waals surface area (Å²) in [5.74, 6) is -0.162. The van der Waals surface area contributed by atoms with Gasteiger partial charge in [-0.3, -0.25) is 4.79 Å². The zero-order chi connectivity index (χ0) is 14.6. The fourth-order valence-electron chi connectivity index (χ4n) is 2.80. The highest BCUT2D eigenvalue weighted by Gasteiger charge is 2.28. The van der Waals surface area contributed by atoms with E-state index in [0.29, 0.717) is 5.56 Å². The van der Waals surface area contributed by atoms with E-state index >= 15 is 0 Å². The number of nitrogens with one attached hydrogen (secondary N) is 1. The zero-order valence-corrected chi connectivity index (χ0v) is 12.0. The van der Waals surface area contributed by atoms with Crippen LogP contribution < -0.4 is 5.32 Å². The maximum Gasteiger partial charge on any atom is 0.251 e. The average molecular weight is 277 g/mol. The SMILES string of the molecule is Cc1cc(O)cc(C(=O)NCC2(O)CCCCCC2)c1. The average Bonchev–Trinajstić information content (AvgIpc) is 2.60. The summed E-state index contributed by atoms with van der Waals surface area (Å²) in [6.07, 6.45) is 5.82. The van der Waals surface area contributed by atoms with Crippen molar-refractivity contribution in [3.05, 3.63) is 29.3 Å². The summed E-state index contributed by atoms with van der Waals surface area (Å²) in [6.45, 7) is 2.11. The molecule has 0 aromatic heterocycles. The molecule has 1 amide bonds. The van der Waals surface area contributed by atoms with Crippen LogP contribution in [-0.2, 0) is 0 Å². The van der Waals surface area contributed by atoms with E-state index in [9.17, 15) is 15.0 Å².